The van der Waals surface area contributed by atoms with E-state index in [0.29, 0.717) is 25.1 Å². The lowest BCUT2D eigenvalue weighted by molar-refractivity contribution is -0.136. The molecule has 0 spiro atoms. The molecule has 2 aliphatic heterocycles. The molecule has 1 N–H and O–H groups in total. The molecule has 1 unspecified atom stereocenters. The first-order valence-corrected chi connectivity index (χ1v) is 13.8. The van der Waals surface area contributed by atoms with E-state index in [-0.39, 0.29) is 31.4 Å². The number of piperidine rings is 1. The summed E-state index contributed by atoms with van der Waals surface area (Å²) in [7, 11) is -3.34. The minimum Gasteiger partial charge on any atom is -0.369 e. The zero-order chi connectivity index (χ0) is 25.3. The molecule has 0 radical (unpaired) electrons. The molecule has 2 heterocycles. The highest BCUT2D eigenvalue weighted by molar-refractivity contribution is 7.85. The molecule has 190 valence electrons. The van der Waals surface area contributed by atoms with Gasteiger partial charge in [0.15, 0.2) is 0 Å². The van der Waals surface area contributed by atoms with Gasteiger partial charge in [0.25, 0.3) is 16.0 Å². The molecule has 9 nitrogen and oxygen atoms in total. The summed E-state index contributed by atoms with van der Waals surface area (Å²) in [5.74, 6) is 5.15. The zero-order valence-corrected chi connectivity index (χ0v) is 20.8. The van der Waals surface area contributed by atoms with E-state index in [1.165, 1.54) is 4.90 Å². The smallest absolute Gasteiger partial charge is 0.264 e. The number of hydrogen-bond acceptors (Lipinski definition) is 7. The van der Waals surface area contributed by atoms with Crippen LogP contribution in [0.3, 0.4) is 0 Å². The van der Waals surface area contributed by atoms with Gasteiger partial charge in [-0.25, -0.2) is 0 Å². The van der Waals surface area contributed by atoms with E-state index in [0.717, 1.165) is 55.9 Å². The van der Waals surface area contributed by atoms with Gasteiger partial charge in [0, 0.05) is 30.7 Å². The summed E-state index contributed by atoms with van der Waals surface area (Å²) in [4.78, 5) is 38.0. The quantitative estimate of drug-likeness (QED) is 0.200. The van der Waals surface area contributed by atoms with Gasteiger partial charge in [-0.3, -0.25) is 23.9 Å². The summed E-state index contributed by atoms with van der Waals surface area (Å²) in [6.07, 6.45) is 7.33. The third-order valence-electron chi connectivity index (χ3n) is 5.96. The molecular formula is C25H32N2O7S. The Kier molecular flexibility index (Phi) is 9.83. The van der Waals surface area contributed by atoms with Crippen molar-refractivity contribution < 1.29 is 31.7 Å². The third kappa shape index (κ3) is 8.16. The second-order valence-corrected chi connectivity index (χ2v) is 10.4. The molecule has 0 aromatic heterocycles. The fourth-order valence-electron chi connectivity index (χ4n) is 4.18. The number of nitrogens with zero attached hydrogens (tertiary/aromatic N) is 1. The van der Waals surface area contributed by atoms with Crippen molar-refractivity contribution in [3.05, 3.63) is 34.9 Å². The number of fused-ring (bicyclic) bond motifs is 1. The molecule has 1 fully saturated rings. The van der Waals surface area contributed by atoms with E-state index >= 15 is 0 Å². The molecule has 1 aromatic carbocycles. The van der Waals surface area contributed by atoms with Gasteiger partial charge in [0.1, 0.15) is 12.6 Å². The van der Waals surface area contributed by atoms with Crippen molar-refractivity contribution in [2.45, 2.75) is 64.0 Å². The van der Waals surface area contributed by atoms with Gasteiger partial charge < -0.3 is 9.64 Å². The third-order valence-corrected chi connectivity index (χ3v) is 6.55. The van der Waals surface area contributed by atoms with Crippen LogP contribution in [0.2, 0.25) is 0 Å². The Balaban J connectivity index is 1.36. The second-order valence-electron chi connectivity index (χ2n) is 8.73. The van der Waals surface area contributed by atoms with E-state index < -0.39 is 22.1 Å². The number of amides is 3. The number of unbranched alkanes of at least 4 members (excludes halogenated alkanes) is 5. The van der Waals surface area contributed by atoms with Crippen molar-refractivity contribution in [2.24, 2.45) is 0 Å². The molecule has 1 aromatic rings. The average Bonchev–Trinajstić information content (AvgIpc) is 3.13. The zero-order valence-electron chi connectivity index (χ0n) is 20.0. The Labute approximate surface area is 206 Å². The van der Waals surface area contributed by atoms with E-state index in [9.17, 15) is 22.8 Å². The lowest BCUT2D eigenvalue weighted by Crippen LogP contribution is -2.52. The van der Waals surface area contributed by atoms with Crippen molar-refractivity contribution in [1.82, 2.24) is 10.2 Å². The van der Waals surface area contributed by atoms with Gasteiger partial charge in [-0.05, 0) is 37.0 Å². The SMILES string of the molecule is CS(=O)(=O)OCCCCCCCCOCC#Cc1cccc2c1CN(C1CCC(=O)NC1=O)C2=O. The van der Waals surface area contributed by atoms with Crippen LogP contribution in [-0.2, 0) is 35.2 Å². The molecule has 35 heavy (non-hydrogen) atoms. The van der Waals surface area contributed by atoms with Gasteiger partial charge in [-0.2, -0.15) is 8.42 Å². The van der Waals surface area contributed by atoms with Crippen LogP contribution >= 0.6 is 0 Å². The molecule has 10 heteroatoms. The summed E-state index contributed by atoms with van der Waals surface area (Å²) in [6, 6.07) is 4.73. The molecule has 0 bridgehead atoms. The van der Waals surface area contributed by atoms with E-state index in [1.54, 1.807) is 12.1 Å². The van der Waals surface area contributed by atoms with Crippen molar-refractivity contribution in [2.75, 3.05) is 26.1 Å². The first kappa shape index (κ1) is 26.9. The standard InChI is InChI=1S/C25H32N2O7S/c1-35(31,32)34-17-7-5-3-2-4-6-15-33-16-9-11-19-10-8-12-20-21(19)18-27(25(20)30)22-13-14-23(28)26-24(22)29/h8,10,12,22H,2-7,13-18H2,1H3,(H,26,28,29). The van der Waals surface area contributed by atoms with Crippen LogP contribution in [0.25, 0.3) is 0 Å². The van der Waals surface area contributed by atoms with Crippen molar-refractivity contribution in [1.29, 1.82) is 0 Å². The normalized spacial score (nSPS) is 17.7. The van der Waals surface area contributed by atoms with Crippen LogP contribution in [0.5, 0.6) is 0 Å². The Morgan fingerprint density at radius 3 is 2.49 bits per heavy atom. The summed E-state index contributed by atoms with van der Waals surface area (Å²) in [6.45, 7) is 1.44. The average molecular weight is 505 g/mol. The van der Waals surface area contributed by atoms with Crippen LogP contribution in [0.15, 0.2) is 18.2 Å². The number of rotatable bonds is 12. The topological polar surface area (TPSA) is 119 Å². The molecule has 3 amide bonds. The highest BCUT2D eigenvalue weighted by atomic mass is 32.2. The fourth-order valence-corrected chi connectivity index (χ4v) is 4.60. The fraction of sp³-hybridized carbons (Fsp3) is 0.560. The summed E-state index contributed by atoms with van der Waals surface area (Å²) < 4.78 is 32.0. The maximum Gasteiger partial charge on any atom is 0.264 e. The Hall–Kier alpha value is -2.74. The first-order chi connectivity index (χ1) is 16.8. The lowest BCUT2D eigenvalue weighted by Gasteiger charge is -2.29. The summed E-state index contributed by atoms with van der Waals surface area (Å²) in [5, 5.41) is 2.31. The maximum atomic E-state index is 12.8. The molecule has 0 aliphatic carbocycles. The van der Waals surface area contributed by atoms with Gasteiger partial charge in [-0.15, -0.1) is 0 Å². The number of imide groups is 1. The lowest BCUT2D eigenvalue weighted by atomic mass is 10.0. The van der Waals surface area contributed by atoms with Gasteiger partial charge in [0.05, 0.1) is 12.9 Å². The maximum absolute atomic E-state index is 12.8. The molecule has 1 saturated heterocycles. The number of carbonyl (C=O) groups is 3. The van der Waals surface area contributed by atoms with Crippen LogP contribution in [0, 0.1) is 11.8 Å². The van der Waals surface area contributed by atoms with Gasteiger partial charge in [0.2, 0.25) is 11.8 Å². The van der Waals surface area contributed by atoms with Crippen LogP contribution in [0.4, 0.5) is 0 Å². The van der Waals surface area contributed by atoms with Crippen LogP contribution < -0.4 is 5.32 Å². The Morgan fingerprint density at radius 1 is 1.06 bits per heavy atom. The Morgan fingerprint density at radius 2 is 1.77 bits per heavy atom. The van der Waals surface area contributed by atoms with Crippen molar-refractivity contribution in [3.63, 3.8) is 0 Å². The Bertz CT molecular complexity index is 1100. The summed E-state index contributed by atoms with van der Waals surface area (Å²) >= 11 is 0. The molecule has 0 saturated carbocycles. The number of benzene rings is 1. The molecule has 3 rings (SSSR count). The van der Waals surface area contributed by atoms with Gasteiger partial charge >= 0.3 is 0 Å². The second kappa shape index (κ2) is 12.8. The highest BCUT2D eigenvalue weighted by Gasteiger charge is 2.39. The molecule has 2 aliphatic rings. The van der Waals surface area contributed by atoms with Crippen molar-refractivity contribution >= 4 is 27.8 Å². The number of carbonyl (C=O) groups excluding carboxylic acids is 3. The van der Waals surface area contributed by atoms with E-state index in [1.807, 2.05) is 6.07 Å². The minimum atomic E-state index is -3.34. The van der Waals surface area contributed by atoms with E-state index in [4.69, 9.17) is 8.92 Å². The summed E-state index contributed by atoms with van der Waals surface area (Å²) in [5.41, 5.74) is 2.09. The number of ether oxygens (including phenoxy) is 1. The number of nitrogens with one attached hydrogen (secondary N) is 1. The highest BCUT2D eigenvalue weighted by Crippen LogP contribution is 2.29. The monoisotopic (exact) mass is 504 g/mol. The number of hydrogen-bond donors (Lipinski definition) is 1. The minimum absolute atomic E-state index is 0.211. The first-order valence-electron chi connectivity index (χ1n) is 11.9. The van der Waals surface area contributed by atoms with Crippen LogP contribution in [0.1, 0.15) is 72.9 Å². The molecular weight excluding hydrogens is 472 g/mol. The van der Waals surface area contributed by atoms with Crippen LogP contribution in [-0.4, -0.2) is 63.2 Å². The van der Waals surface area contributed by atoms with E-state index in [2.05, 4.69) is 17.2 Å². The predicted molar refractivity (Wildman–Crippen MR) is 129 cm³/mol. The van der Waals surface area contributed by atoms with Crippen molar-refractivity contribution in [3.8, 4) is 11.8 Å². The van der Waals surface area contributed by atoms with Gasteiger partial charge in [-0.1, -0.05) is 43.6 Å². The largest absolute Gasteiger partial charge is 0.369 e. The predicted octanol–water partition coefficient (Wildman–Crippen LogP) is 2.13. The molecule has 1 atom stereocenters.